The number of rotatable bonds is 5. The van der Waals surface area contributed by atoms with Crippen molar-refractivity contribution in [1.82, 2.24) is 5.32 Å². The topological polar surface area (TPSA) is 107 Å². The van der Waals surface area contributed by atoms with Gasteiger partial charge in [0, 0.05) is 17.2 Å². The van der Waals surface area contributed by atoms with Gasteiger partial charge in [-0.2, -0.15) is 0 Å². The van der Waals surface area contributed by atoms with Crippen LogP contribution >= 0.6 is 0 Å². The first kappa shape index (κ1) is 23.4. The Morgan fingerprint density at radius 1 is 0.972 bits per heavy atom. The van der Waals surface area contributed by atoms with Crippen molar-refractivity contribution in [3.8, 4) is 0 Å². The standard InChI is InChI=1S/C28H29NO6S/c1-16(28-12-17-8-18(13-28)10-19(9-17)14-28)29-25(30)15-35-27(32)20-6-7-22-24(11-20)36(33,34)23-5-3-2-4-21(23)26(22)31/h2-7,11,16-19H,8-10,12-15H2,1H3,(H,29,30). The lowest BCUT2D eigenvalue weighted by Crippen LogP contribution is -2.56. The molecule has 8 heteroatoms. The molecule has 0 saturated heterocycles. The van der Waals surface area contributed by atoms with Gasteiger partial charge in [0.1, 0.15) is 0 Å². The second-order valence-corrected chi connectivity index (χ2v) is 13.1. The number of hydrogen-bond donors (Lipinski definition) is 1. The van der Waals surface area contributed by atoms with Gasteiger partial charge in [0.15, 0.2) is 12.4 Å². The zero-order chi connectivity index (χ0) is 25.2. The Hall–Kier alpha value is -3.00. The third-order valence-electron chi connectivity index (χ3n) is 8.89. The summed E-state index contributed by atoms with van der Waals surface area (Å²) >= 11 is 0. The summed E-state index contributed by atoms with van der Waals surface area (Å²) < 4.78 is 31.4. The molecule has 0 aromatic heterocycles. The number of ether oxygens (including phenoxy) is 1. The first-order valence-corrected chi connectivity index (χ1v) is 14.1. The summed E-state index contributed by atoms with van der Waals surface area (Å²) in [6.07, 6.45) is 7.45. The molecule has 4 aliphatic carbocycles. The summed E-state index contributed by atoms with van der Waals surface area (Å²) in [6.45, 7) is 1.62. The molecule has 188 valence electrons. The summed E-state index contributed by atoms with van der Waals surface area (Å²) in [7, 11) is -3.97. The van der Waals surface area contributed by atoms with Crippen LogP contribution in [0.4, 0.5) is 0 Å². The molecule has 0 spiro atoms. The number of esters is 1. The Kier molecular flexibility index (Phi) is 5.37. The molecule has 4 bridgehead atoms. The van der Waals surface area contributed by atoms with Gasteiger partial charge < -0.3 is 10.1 Å². The van der Waals surface area contributed by atoms with Crippen LogP contribution in [0.5, 0.6) is 0 Å². The SMILES string of the molecule is CC(NC(=O)COC(=O)c1ccc2c(c1)S(=O)(=O)c1ccccc1C2=O)C12CC3CC(CC(C3)C1)C2. The van der Waals surface area contributed by atoms with Crippen LogP contribution in [0.25, 0.3) is 0 Å². The molecule has 1 heterocycles. The normalized spacial score (nSPS) is 29.7. The minimum atomic E-state index is -3.97. The van der Waals surface area contributed by atoms with Crippen molar-refractivity contribution < 1.29 is 27.5 Å². The van der Waals surface area contributed by atoms with Gasteiger partial charge in [-0.1, -0.05) is 12.1 Å². The molecule has 7 nitrogen and oxygen atoms in total. The van der Waals surface area contributed by atoms with Crippen molar-refractivity contribution in [1.29, 1.82) is 0 Å². The summed E-state index contributed by atoms with van der Waals surface area (Å²) in [5, 5.41) is 3.07. The molecule has 0 radical (unpaired) electrons. The number of fused-ring (bicyclic) bond motifs is 2. The minimum Gasteiger partial charge on any atom is -0.452 e. The van der Waals surface area contributed by atoms with Crippen LogP contribution in [0.3, 0.4) is 0 Å². The highest BCUT2D eigenvalue weighted by atomic mass is 32.2. The van der Waals surface area contributed by atoms with Crippen molar-refractivity contribution in [3.63, 3.8) is 0 Å². The van der Waals surface area contributed by atoms with Crippen LogP contribution in [0.15, 0.2) is 52.3 Å². The van der Waals surface area contributed by atoms with E-state index in [4.69, 9.17) is 4.74 Å². The van der Waals surface area contributed by atoms with Crippen LogP contribution in [0, 0.1) is 23.2 Å². The highest BCUT2D eigenvalue weighted by Crippen LogP contribution is 2.61. The first-order chi connectivity index (χ1) is 17.2. The van der Waals surface area contributed by atoms with E-state index in [2.05, 4.69) is 12.2 Å². The van der Waals surface area contributed by atoms with Crippen LogP contribution in [-0.4, -0.2) is 38.7 Å². The average molecular weight is 508 g/mol. The Morgan fingerprint density at radius 2 is 1.58 bits per heavy atom. The zero-order valence-electron chi connectivity index (χ0n) is 20.2. The van der Waals surface area contributed by atoms with Gasteiger partial charge in [-0.25, -0.2) is 13.2 Å². The molecule has 1 unspecified atom stereocenters. The van der Waals surface area contributed by atoms with E-state index in [0.717, 1.165) is 43.1 Å². The zero-order valence-corrected chi connectivity index (χ0v) is 21.0. The molecule has 1 atom stereocenters. The molecule has 2 aromatic carbocycles. The van der Waals surface area contributed by atoms with Crippen molar-refractivity contribution in [2.45, 2.75) is 61.3 Å². The van der Waals surface area contributed by atoms with Gasteiger partial charge in [0.2, 0.25) is 9.84 Å². The van der Waals surface area contributed by atoms with Gasteiger partial charge in [-0.15, -0.1) is 0 Å². The fraction of sp³-hybridized carbons (Fsp3) is 0.464. The molecule has 1 N–H and O–H groups in total. The number of benzene rings is 2. The maximum atomic E-state index is 13.1. The van der Waals surface area contributed by atoms with E-state index in [-0.39, 0.29) is 43.8 Å². The van der Waals surface area contributed by atoms with E-state index in [1.807, 2.05) is 0 Å². The number of carbonyl (C=O) groups is 3. The Labute approximate surface area is 210 Å². The lowest BCUT2D eigenvalue weighted by Gasteiger charge is -2.59. The summed E-state index contributed by atoms with van der Waals surface area (Å²) in [6, 6.07) is 9.88. The van der Waals surface area contributed by atoms with E-state index >= 15 is 0 Å². The molecular weight excluding hydrogens is 478 g/mol. The van der Waals surface area contributed by atoms with Gasteiger partial charge >= 0.3 is 5.97 Å². The highest BCUT2D eigenvalue weighted by molar-refractivity contribution is 7.91. The average Bonchev–Trinajstić information content (AvgIpc) is 2.85. The number of hydrogen-bond acceptors (Lipinski definition) is 6. The number of nitrogens with one attached hydrogen (secondary N) is 1. The second-order valence-electron chi connectivity index (χ2n) is 11.2. The molecule has 1 amide bonds. The van der Waals surface area contributed by atoms with Crippen molar-refractivity contribution in [3.05, 3.63) is 59.2 Å². The van der Waals surface area contributed by atoms with E-state index in [0.29, 0.717) is 0 Å². The van der Waals surface area contributed by atoms with Gasteiger partial charge in [0.05, 0.1) is 15.4 Å². The van der Waals surface area contributed by atoms with E-state index in [1.165, 1.54) is 43.5 Å². The maximum absolute atomic E-state index is 13.1. The number of amides is 1. The monoisotopic (exact) mass is 507 g/mol. The van der Waals surface area contributed by atoms with E-state index < -0.39 is 28.2 Å². The third-order valence-corrected chi connectivity index (χ3v) is 10.7. The lowest BCUT2D eigenvalue weighted by molar-refractivity contribution is -0.128. The van der Waals surface area contributed by atoms with Crippen molar-refractivity contribution in [2.75, 3.05) is 6.61 Å². The Morgan fingerprint density at radius 3 is 2.25 bits per heavy atom. The fourth-order valence-corrected chi connectivity index (χ4v) is 9.25. The molecule has 36 heavy (non-hydrogen) atoms. The molecule has 7 rings (SSSR count). The third kappa shape index (κ3) is 3.69. The van der Waals surface area contributed by atoms with Crippen LogP contribution in [0.1, 0.15) is 71.7 Å². The molecule has 2 aromatic rings. The molecule has 4 fully saturated rings. The van der Waals surface area contributed by atoms with Crippen LogP contribution < -0.4 is 5.32 Å². The smallest absolute Gasteiger partial charge is 0.338 e. The summed E-state index contributed by atoms with van der Waals surface area (Å²) in [5.41, 5.74) is 0.258. The first-order valence-electron chi connectivity index (χ1n) is 12.7. The van der Waals surface area contributed by atoms with Crippen molar-refractivity contribution in [2.24, 2.45) is 23.2 Å². The van der Waals surface area contributed by atoms with E-state index in [1.54, 1.807) is 12.1 Å². The van der Waals surface area contributed by atoms with Gasteiger partial charge in [-0.3, -0.25) is 9.59 Å². The molecule has 4 saturated carbocycles. The highest BCUT2D eigenvalue weighted by Gasteiger charge is 2.53. The molecule has 1 aliphatic heterocycles. The quantitative estimate of drug-likeness (QED) is 0.524. The second kappa shape index (κ2) is 8.26. The van der Waals surface area contributed by atoms with Crippen molar-refractivity contribution >= 4 is 27.5 Å². The molecule has 5 aliphatic rings. The molecular formula is C28H29NO6S. The van der Waals surface area contributed by atoms with Gasteiger partial charge in [0.25, 0.3) is 5.91 Å². The maximum Gasteiger partial charge on any atom is 0.338 e. The number of sulfone groups is 1. The largest absolute Gasteiger partial charge is 0.452 e. The summed E-state index contributed by atoms with van der Waals surface area (Å²) in [4.78, 5) is 37.9. The number of ketones is 1. The predicted molar refractivity (Wildman–Crippen MR) is 130 cm³/mol. The van der Waals surface area contributed by atoms with E-state index in [9.17, 15) is 22.8 Å². The van der Waals surface area contributed by atoms with Crippen LogP contribution in [0.2, 0.25) is 0 Å². The summed E-state index contributed by atoms with van der Waals surface area (Å²) in [5.74, 6) is 0.735. The lowest BCUT2D eigenvalue weighted by atomic mass is 9.48. The van der Waals surface area contributed by atoms with Gasteiger partial charge in [-0.05, 0) is 98.9 Å². The number of carbonyl (C=O) groups excluding carboxylic acids is 3. The Balaban J connectivity index is 1.13. The predicted octanol–water partition coefficient (Wildman–Crippen LogP) is 3.94. The minimum absolute atomic E-state index is 0.0112. The fourth-order valence-electron chi connectivity index (χ4n) is 7.57. The van der Waals surface area contributed by atoms with Crippen LogP contribution in [-0.2, 0) is 19.4 Å². The Bertz CT molecular complexity index is 1360.